The molecule has 3 aromatic carbocycles. The number of hydrogen-bond donors (Lipinski definition) is 1. The van der Waals surface area contributed by atoms with Gasteiger partial charge in [-0.3, -0.25) is 4.90 Å². The third-order valence-electron chi connectivity index (χ3n) is 6.01. The number of amides is 4. The Bertz CT molecular complexity index is 1280. The summed E-state index contributed by atoms with van der Waals surface area (Å²) in [6.07, 6.45) is -4.51. The van der Waals surface area contributed by atoms with Crippen LogP contribution in [0.1, 0.15) is 17.2 Å². The average Bonchev–Trinajstić information content (AvgIpc) is 3.21. The van der Waals surface area contributed by atoms with Crippen LogP contribution in [0.25, 0.3) is 0 Å². The zero-order chi connectivity index (χ0) is 27.4. The maximum Gasteiger partial charge on any atom is 0.416 e. The number of alkyl halides is 3. The Kier molecular flexibility index (Phi) is 8.01. The Morgan fingerprint density at radius 1 is 1.05 bits per heavy atom. The van der Waals surface area contributed by atoms with Gasteiger partial charge in [0.2, 0.25) is 0 Å². The van der Waals surface area contributed by atoms with Crippen molar-refractivity contribution in [2.45, 2.75) is 12.2 Å². The molecule has 1 N–H and O–H groups in total. The maximum absolute atomic E-state index is 13.5. The van der Waals surface area contributed by atoms with Gasteiger partial charge < -0.3 is 19.9 Å². The molecule has 0 radical (unpaired) electrons. The molecule has 0 spiro atoms. The van der Waals surface area contributed by atoms with Gasteiger partial charge in [0.25, 0.3) is 0 Å². The Balaban J connectivity index is 1.59. The first-order chi connectivity index (χ1) is 18.0. The van der Waals surface area contributed by atoms with E-state index in [1.807, 2.05) is 0 Å². The molecule has 0 aliphatic carbocycles. The standard InChI is InChI=1S/C27H26ClF3N4O3/c1-33(2)25(36)32-14-15-34-17-24(18-4-3-5-19(16-18)27(29,30)31)35(26(34)37)21-8-12-23(13-9-21)38-22-10-6-20(28)7-11-22/h3-13,16,24H,14-15,17H2,1-2H3,(H,32,36). The molecule has 1 atom stereocenters. The first-order valence-corrected chi connectivity index (χ1v) is 12.1. The first kappa shape index (κ1) is 27.1. The van der Waals surface area contributed by atoms with E-state index in [9.17, 15) is 22.8 Å². The van der Waals surface area contributed by atoms with Gasteiger partial charge in [0.1, 0.15) is 11.5 Å². The van der Waals surface area contributed by atoms with E-state index in [1.165, 1.54) is 20.8 Å². The molecule has 200 valence electrons. The normalized spacial score (nSPS) is 15.5. The third-order valence-corrected chi connectivity index (χ3v) is 6.26. The Labute approximate surface area is 223 Å². The molecule has 3 aromatic rings. The fourth-order valence-corrected chi connectivity index (χ4v) is 4.20. The Morgan fingerprint density at radius 2 is 1.68 bits per heavy atom. The number of rotatable bonds is 7. The van der Waals surface area contributed by atoms with Crippen molar-refractivity contribution < 1.29 is 27.5 Å². The second kappa shape index (κ2) is 11.2. The summed E-state index contributed by atoms with van der Waals surface area (Å²) < 4.78 is 46.1. The van der Waals surface area contributed by atoms with Gasteiger partial charge in [0.05, 0.1) is 11.6 Å². The molecule has 0 aromatic heterocycles. The highest BCUT2D eigenvalue weighted by atomic mass is 35.5. The van der Waals surface area contributed by atoms with Crippen LogP contribution in [0.4, 0.5) is 28.4 Å². The summed E-state index contributed by atoms with van der Waals surface area (Å²) in [6.45, 7) is 0.545. The molecule has 1 saturated heterocycles. The van der Waals surface area contributed by atoms with Crippen molar-refractivity contribution in [3.63, 3.8) is 0 Å². The number of nitrogens with one attached hydrogen (secondary N) is 1. The molecule has 7 nitrogen and oxygen atoms in total. The van der Waals surface area contributed by atoms with Crippen LogP contribution < -0.4 is 15.0 Å². The van der Waals surface area contributed by atoms with Crippen LogP contribution in [-0.4, -0.2) is 55.6 Å². The van der Waals surface area contributed by atoms with Gasteiger partial charge >= 0.3 is 18.2 Å². The van der Waals surface area contributed by atoms with Crippen molar-refractivity contribution >= 4 is 29.4 Å². The molecule has 4 rings (SSSR count). The quantitative estimate of drug-likeness (QED) is 0.373. The predicted molar refractivity (Wildman–Crippen MR) is 139 cm³/mol. The van der Waals surface area contributed by atoms with Crippen LogP contribution in [0, 0.1) is 0 Å². The van der Waals surface area contributed by atoms with Gasteiger partial charge in [0.15, 0.2) is 0 Å². The first-order valence-electron chi connectivity index (χ1n) is 11.8. The second-order valence-corrected chi connectivity index (χ2v) is 9.35. The van der Waals surface area contributed by atoms with Gasteiger partial charge in [-0.15, -0.1) is 0 Å². The number of ether oxygens (including phenoxy) is 1. The fraction of sp³-hybridized carbons (Fsp3) is 0.259. The summed E-state index contributed by atoms with van der Waals surface area (Å²) in [7, 11) is 3.20. The lowest BCUT2D eigenvalue weighted by Crippen LogP contribution is -2.41. The minimum Gasteiger partial charge on any atom is -0.457 e. The van der Waals surface area contributed by atoms with Crippen molar-refractivity contribution in [2.75, 3.05) is 38.6 Å². The molecule has 0 saturated carbocycles. The van der Waals surface area contributed by atoms with Gasteiger partial charge in [-0.1, -0.05) is 23.7 Å². The van der Waals surface area contributed by atoms with Gasteiger partial charge in [-0.2, -0.15) is 13.2 Å². The van der Waals surface area contributed by atoms with Gasteiger partial charge in [-0.25, -0.2) is 9.59 Å². The molecule has 1 aliphatic rings. The fourth-order valence-electron chi connectivity index (χ4n) is 4.08. The number of carbonyl (C=O) groups excluding carboxylic acids is 2. The van der Waals surface area contributed by atoms with Gasteiger partial charge in [-0.05, 0) is 66.2 Å². The van der Waals surface area contributed by atoms with E-state index in [1.54, 1.807) is 68.7 Å². The van der Waals surface area contributed by atoms with Crippen molar-refractivity contribution in [2.24, 2.45) is 0 Å². The van der Waals surface area contributed by atoms with Crippen molar-refractivity contribution in [3.05, 3.63) is 88.9 Å². The summed E-state index contributed by atoms with van der Waals surface area (Å²) in [5.41, 5.74) is 0.0704. The number of anilines is 1. The molecule has 0 bridgehead atoms. The minimum absolute atomic E-state index is 0.154. The number of urea groups is 2. The van der Waals surface area contributed by atoms with E-state index >= 15 is 0 Å². The molecular formula is C27H26ClF3N4O3. The van der Waals surface area contributed by atoms with Crippen LogP contribution in [0.2, 0.25) is 5.02 Å². The smallest absolute Gasteiger partial charge is 0.416 e. The highest BCUT2D eigenvalue weighted by Crippen LogP contribution is 2.38. The molecule has 1 fully saturated rings. The summed E-state index contributed by atoms with van der Waals surface area (Å²) in [5, 5.41) is 3.28. The lowest BCUT2D eigenvalue weighted by molar-refractivity contribution is -0.137. The van der Waals surface area contributed by atoms with E-state index in [0.29, 0.717) is 27.8 Å². The summed E-state index contributed by atoms with van der Waals surface area (Å²) in [5.74, 6) is 1.09. The monoisotopic (exact) mass is 546 g/mol. The molecule has 11 heteroatoms. The number of benzene rings is 3. The topological polar surface area (TPSA) is 65.1 Å². The lowest BCUT2D eigenvalue weighted by Gasteiger charge is -2.24. The molecule has 1 aliphatic heterocycles. The Morgan fingerprint density at radius 3 is 2.29 bits per heavy atom. The van der Waals surface area contributed by atoms with Crippen molar-refractivity contribution in [1.29, 1.82) is 0 Å². The number of carbonyl (C=O) groups is 2. The zero-order valence-electron chi connectivity index (χ0n) is 20.7. The van der Waals surface area contributed by atoms with Crippen LogP contribution in [0.3, 0.4) is 0 Å². The predicted octanol–water partition coefficient (Wildman–Crippen LogP) is 6.41. The molecule has 1 unspecified atom stereocenters. The summed E-state index contributed by atoms with van der Waals surface area (Å²) in [6, 6.07) is 17.2. The number of halogens is 4. The highest BCUT2D eigenvalue weighted by Gasteiger charge is 2.40. The highest BCUT2D eigenvalue weighted by molar-refractivity contribution is 6.30. The summed E-state index contributed by atoms with van der Waals surface area (Å²) >= 11 is 5.91. The van der Waals surface area contributed by atoms with E-state index in [2.05, 4.69) is 5.32 Å². The van der Waals surface area contributed by atoms with Crippen molar-refractivity contribution in [3.8, 4) is 11.5 Å². The van der Waals surface area contributed by atoms with Crippen LogP contribution >= 0.6 is 11.6 Å². The van der Waals surface area contributed by atoms with E-state index in [4.69, 9.17) is 16.3 Å². The maximum atomic E-state index is 13.5. The third kappa shape index (κ3) is 6.31. The number of hydrogen-bond acceptors (Lipinski definition) is 3. The largest absolute Gasteiger partial charge is 0.457 e. The Hall–Kier alpha value is -3.92. The van der Waals surface area contributed by atoms with E-state index in [0.717, 1.165) is 12.1 Å². The SMILES string of the molecule is CN(C)C(=O)NCCN1CC(c2cccc(C(F)(F)F)c2)N(c2ccc(Oc3ccc(Cl)cc3)cc2)C1=O. The summed E-state index contributed by atoms with van der Waals surface area (Å²) in [4.78, 5) is 29.7. The minimum atomic E-state index is -4.51. The lowest BCUT2D eigenvalue weighted by atomic mass is 10.0. The zero-order valence-corrected chi connectivity index (χ0v) is 21.5. The van der Waals surface area contributed by atoms with E-state index in [-0.39, 0.29) is 31.7 Å². The number of nitrogens with zero attached hydrogens (tertiary/aromatic N) is 3. The van der Waals surface area contributed by atoms with E-state index < -0.39 is 17.8 Å². The van der Waals surface area contributed by atoms with Crippen LogP contribution in [-0.2, 0) is 6.18 Å². The van der Waals surface area contributed by atoms with Crippen molar-refractivity contribution in [1.82, 2.24) is 15.1 Å². The van der Waals surface area contributed by atoms with Gasteiger partial charge in [0, 0.05) is 44.4 Å². The van der Waals surface area contributed by atoms with Crippen LogP contribution in [0.5, 0.6) is 11.5 Å². The van der Waals surface area contributed by atoms with Crippen LogP contribution in [0.15, 0.2) is 72.8 Å². The molecule has 38 heavy (non-hydrogen) atoms. The molecular weight excluding hydrogens is 521 g/mol. The molecule has 4 amide bonds. The molecule has 1 heterocycles. The second-order valence-electron chi connectivity index (χ2n) is 8.91. The average molecular weight is 547 g/mol.